The predicted octanol–water partition coefficient (Wildman–Crippen LogP) is 4.81. The zero-order chi connectivity index (χ0) is 23.9. The molecule has 1 saturated heterocycles. The van der Waals surface area contributed by atoms with E-state index in [4.69, 9.17) is 18.6 Å². The lowest BCUT2D eigenvalue weighted by atomic mass is 10.2. The molecule has 3 aromatic rings. The highest BCUT2D eigenvalue weighted by molar-refractivity contribution is 8.18. The van der Waals surface area contributed by atoms with Crippen molar-refractivity contribution in [3.8, 4) is 17.2 Å². The number of ether oxygens (including phenoxy) is 3. The number of methoxy groups -OCH3 is 3. The van der Waals surface area contributed by atoms with Crippen LogP contribution in [0.25, 0.3) is 6.08 Å². The Balaban J connectivity index is 1.60. The van der Waals surface area contributed by atoms with Gasteiger partial charge >= 0.3 is 0 Å². The normalized spacial score (nSPS) is 16.1. The minimum absolute atomic E-state index is 0.169. The molecule has 174 valence electrons. The van der Waals surface area contributed by atoms with Gasteiger partial charge in [0.1, 0.15) is 11.5 Å². The number of rotatable bonds is 8. The molecule has 0 saturated carbocycles. The Morgan fingerprint density at radius 2 is 1.74 bits per heavy atom. The van der Waals surface area contributed by atoms with Gasteiger partial charge in [-0.15, -0.1) is 5.10 Å². The molecule has 0 N–H and O–H groups in total. The van der Waals surface area contributed by atoms with E-state index >= 15 is 0 Å². The molecule has 4 rings (SSSR count). The van der Waals surface area contributed by atoms with Gasteiger partial charge in [0.25, 0.3) is 5.91 Å². The average Bonchev–Trinajstić information content (AvgIpc) is 3.48. The van der Waals surface area contributed by atoms with Gasteiger partial charge in [-0.2, -0.15) is 5.10 Å². The largest absolute Gasteiger partial charge is 0.497 e. The van der Waals surface area contributed by atoms with Crippen molar-refractivity contribution in [3.05, 3.63) is 82.7 Å². The van der Waals surface area contributed by atoms with E-state index in [2.05, 4.69) is 10.2 Å². The van der Waals surface area contributed by atoms with Crippen molar-refractivity contribution in [1.82, 2.24) is 4.90 Å². The van der Waals surface area contributed by atoms with Crippen molar-refractivity contribution < 1.29 is 23.4 Å². The highest BCUT2D eigenvalue weighted by atomic mass is 32.2. The molecule has 2 aromatic carbocycles. The zero-order valence-electron chi connectivity index (χ0n) is 18.9. The lowest BCUT2D eigenvalue weighted by Gasteiger charge is -2.12. The second-order valence-corrected chi connectivity index (χ2v) is 8.11. The van der Waals surface area contributed by atoms with E-state index in [-0.39, 0.29) is 12.5 Å². The van der Waals surface area contributed by atoms with Crippen LogP contribution in [0.4, 0.5) is 0 Å². The van der Waals surface area contributed by atoms with Gasteiger partial charge < -0.3 is 18.6 Å². The Morgan fingerprint density at radius 3 is 2.41 bits per heavy atom. The number of hydrogen-bond donors (Lipinski definition) is 0. The second-order valence-electron chi connectivity index (χ2n) is 7.10. The van der Waals surface area contributed by atoms with Crippen LogP contribution in [0, 0.1) is 0 Å². The molecule has 1 aromatic heterocycles. The fraction of sp³-hybridized carbons (Fsp3) is 0.160. The number of amides is 1. The quantitative estimate of drug-likeness (QED) is 0.263. The standard InChI is InChI=1S/C25H23N3O5S/c1-30-19-9-6-17(7-10-19)14-23-24(29)28(16-20-5-4-12-33-20)25(34-23)27-26-15-18-8-11-21(31-2)22(13-18)32-3/h4-15H,16H2,1-3H3/b23-14-,26-15+,27-25-. The summed E-state index contributed by atoms with van der Waals surface area (Å²) in [7, 11) is 4.77. The van der Waals surface area contributed by atoms with Crippen LogP contribution >= 0.6 is 11.8 Å². The van der Waals surface area contributed by atoms with Crippen LogP contribution in [0.15, 0.2) is 80.4 Å². The van der Waals surface area contributed by atoms with Gasteiger partial charge in [0.2, 0.25) is 0 Å². The van der Waals surface area contributed by atoms with Crippen LogP contribution in [0.3, 0.4) is 0 Å². The molecule has 34 heavy (non-hydrogen) atoms. The molecule has 0 unspecified atom stereocenters. The lowest BCUT2D eigenvalue weighted by molar-refractivity contribution is -0.122. The van der Waals surface area contributed by atoms with E-state index in [0.29, 0.717) is 27.3 Å². The summed E-state index contributed by atoms with van der Waals surface area (Å²) in [6.07, 6.45) is 4.99. The van der Waals surface area contributed by atoms with Crippen LogP contribution < -0.4 is 14.2 Å². The van der Waals surface area contributed by atoms with Gasteiger partial charge in [-0.3, -0.25) is 9.69 Å². The Labute approximate surface area is 201 Å². The summed E-state index contributed by atoms with van der Waals surface area (Å²) in [5, 5.41) is 8.99. The molecule has 0 aliphatic carbocycles. The monoisotopic (exact) mass is 477 g/mol. The number of nitrogens with zero attached hydrogens (tertiary/aromatic N) is 3. The highest BCUT2D eigenvalue weighted by Crippen LogP contribution is 2.34. The van der Waals surface area contributed by atoms with Gasteiger partial charge in [0.05, 0.1) is 45.3 Å². The molecule has 9 heteroatoms. The number of thioether (sulfide) groups is 1. The molecule has 1 amide bonds. The minimum atomic E-state index is -0.169. The first-order valence-electron chi connectivity index (χ1n) is 10.3. The van der Waals surface area contributed by atoms with Crippen molar-refractivity contribution in [2.24, 2.45) is 10.2 Å². The number of furan rings is 1. The highest BCUT2D eigenvalue weighted by Gasteiger charge is 2.34. The predicted molar refractivity (Wildman–Crippen MR) is 132 cm³/mol. The van der Waals surface area contributed by atoms with Gasteiger partial charge in [-0.25, -0.2) is 0 Å². The number of benzene rings is 2. The molecule has 1 aliphatic rings. The third-order valence-electron chi connectivity index (χ3n) is 4.95. The number of amidine groups is 1. The van der Waals surface area contributed by atoms with E-state index in [1.165, 1.54) is 11.8 Å². The smallest absolute Gasteiger partial charge is 0.267 e. The molecule has 0 spiro atoms. The molecule has 8 nitrogen and oxygen atoms in total. The fourth-order valence-electron chi connectivity index (χ4n) is 3.21. The van der Waals surface area contributed by atoms with Crippen molar-refractivity contribution in [2.75, 3.05) is 21.3 Å². The molecule has 0 bridgehead atoms. The van der Waals surface area contributed by atoms with Crippen molar-refractivity contribution in [1.29, 1.82) is 0 Å². The van der Waals surface area contributed by atoms with Crippen molar-refractivity contribution in [2.45, 2.75) is 6.54 Å². The Morgan fingerprint density at radius 1 is 0.971 bits per heavy atom. The molecule has 1 aliphatic heterocycles. The topological polar surface area (TPSA) is 85.9 Å². The SMILES string of the molecule is COc1ccc(/C=C2\S/C(=N\N=C\c3ccc(OC)c(OC)c3)N(Cc3ccco3)C2=O)cc1. The summed E-state index contributed by atoms with van der Waals surface area (Å²) in [6, 6.07) is 16.5. The number of carbonyl (C=O) groups is 1. The summed E-state index contributed by atoms with van der Waals surface area (Å²) < 4.78 is 21.2. The van der Waals surface area contributed by atoms with Gasteiger partial charge in [-0.05, 0) is 71.4 Å². The molecule has 2 heterocycles. The van der Waals surface area contributed by atoms with E-state index in [1.807, 2.05) is 42.5 Å². The Hall–Kier alpha value is -3.98. The molecule has 0 radical (unpaired) electrons. The third-order valence-corrected chi connectivity index (χ3v) is 5.95. The second kappa shape index (κ2) is 10.8. The molecular formula is C25H23N3O5S. The first-order valence-corrected chi connectivity index (χ1v) is 11.1. The van der Waals surface area contributed by atoms with E-state index in [1.54, 1.807) is 56.9 Å². The lowest BCUT2D eigenvalue weighted by Crippen LogP contribution is -2.28. The minimum Gasteiger partial charge on any atom is -0.497 e. The molecule has 1 fully saturated rings. The summed E-state index contributed by atoms with van der Waals surface area (Å²) >= 11 is 1.26. The first kappa shape index (κ1) is 23.2. The molecular weight excluding hydrogens is 454 g/mol. The van der Waals surface area contributed by atoms with Crippen LogP contribution in [0.5, 0.6) is 17.2 Å². The Kier molecular flexibility index (Phi) is 7.34. The van der Waals surface area contributed by atoms with Crippen molar-refractivity contribution in [3.63, 3.8) is 0 Å². The van der Waals surface area contributed by atoms with Crippen molar-refractivity contribution >= 4 is 35.1 Å². The summed E-state index contributed by atoms with van der Waals surface area (Å²) in [5.41, 5.74) is 1.66. The van der Waals surface area contributed by atoms with Gasteiger partial charge in [0.15, 0.2) is 16.7 Å². The van der Waals surface area contributed by atoms with Crippen LogP contribution in [0.2, 0.25) is 0 Å². The summed E-state index contributed by atoms with van der Waals surface area (Å²) in [6.45, 7) is 0.253. The van der Waals surface area contributed by atoms with E-state index in [9.17, 15) is 4.79 Å². The third kappa shape index (κ3) is 5.32. The molecule has 0 atom stereocenters. The zero-order valence-corrected chi connectivity index (χ0v) is 19.7. The number of carbonyl (C=O) groups excluding carboxylic acids is 1. The van der Waals surface area contributed by atoms with E-state index < -0.39 is 0 Å². The Bertz CT molecular complexity index is 1230. The maximum atomic E-state index is 13.2. The van der Waals surface area contributed by atoms with Crippen LogP contribution in [-0.4, -0.2) is 43.5 Å². The summed E-state index contributed by atoms with van der Waals surface area (Å²) in [5.74, 6) is 2.45. The first-order chi connectivity index (χ1) is 16.6. The van der Waals surface area contributed by atoms with Crippen LogP contribution in [-0.2, 0) is 11.3 Å². The van der Waals surface area contributed by atoms with Gasteiger partial charge in [0, 0.05) is 0 Å². The maximum absolute atomic E-state index is 13.2. The number of hydrogen-bond acceptors (Lipinski definition) is 8. The van der Waals surface area contributed by atoms with Gasteiger partial charge in [-0.1, -0.05) is 12.1 Å². The fourth-order valence-corrected chi connectivity index (χ4v) is 4.14. The van der Waals surface area contributed by atoms with Crippen LogP contribution in [0.1, 0.15) is 16.9 Å². The van der Waals surface area contributed by atoms with E-state index in [0.717, 1.165) is 16.9 Å². The maximum Gasteiger partial charge on any atom is 0.267 e. The average molecular weight is 478 g/mol. The summed E-state index contributed by atoms with van der Waals surface area (Å²) in [4.78, 5) is 15.2.